The van der Waals surface area contributed by atoms with Crippen molar-refractivity contribution in [3.05, 3.63) is 59.7 Å². The average Bonchev–Trinajstić information content (AvgIpc) is 3.29. The SMILES string of the molecule is COc1ccc(C2(NC(=O)N3c4ccccc4CC3C)CC2)cc1. The number of hydrogen-bond acceptors (Lipinski definition) is 2. The monoisotopic (exact) mass is 322 g/mol. The summed E-state index contributed by atoms with van der Waals surface area (Å²) in [5, 5.41) is 3.28. The lowest BCUT2D eigenvalue weighted by molar-refractivity contribution is 0.240. The summed E-state index contributed by atoms with van der Waals surface area (Å²) in [4.78, 5) is 14.9. The van der Waals surface area contributed by atoms with Gasteiger partial charge in [0.1, 0.15) is 5.75 Å². The summed E-state index contributed by atoms with van der Waals surface area (Å²) >= 11 is 0. The molecule has 1 unspecified atom stereocenters. The van der Waals surface area contributed by atoms with E-state index < -0.39 is 0 Å². The Morgan fingerprint density at radius 3 is 2.54 bits per heavy atom. The van der Waals surface area contributed by atoms with Crippen LogP contribution in [0, 0.1) is 0 Å². The van der Waals surface area contributed by atoms with Gasteiger partial charge in [0.25, 0.3) is 0 Å². The average molecular weight is 322 g/mol. The number of nitrogens with one attached hydrogen (secondary N) is 1. The molecule has 1 fully saturated rings. The summed E-state index contributed by atoms with van der Waals surface area (Å²) in [5.74, 6) is 0.836. The van der Waals surface area contributed by atoms with Crippen LogP contribution >= 0.6 is 0 Å². The fraction of sp³-hybridized carbons (Fsp3) is 0.350. The number of rotatable bonds is 3. The van der Waals surface area contributed by atoms with Crippen molar-refractivity contribution in [1.29, 1.82) is 0 Å². The molecule has 2 aromatic carbocycles. The maximum Gasteiger partial charge on any atom is 0.322 e. The van der Waals surface area contributed by atoms with Gasteiger partial charge in [-0.2, -0.15) is 0 Å². The van der Waals surface area contributed by atoms with E-state index in [-0.39, 0.29) is 17.6 Å². The molecule has 0 spiro atoms. The van der Waals surface area contributed by atoms with Crippen molar-refractivity contribution in [2.24, 2.45) is 0 Å². The number of ether oxygens (including phenoxy) is 1. The molecular formula is C20H22N2O2. The topological polar surface area (TPSA) is 41.6 Å². The number of fused-ring (bicyclic) bond motifs is 1. The molecule has 1 saturated carbocycles. The van der Waals surface area contributed by atoms with E-state index in [9.17, 15) is 4.79 Å². The van der Waals surface area contributed by atoms with Crippen molar-refractivity contribution >= 4 is 11.7 Å². The van der Waals surface area contributed by atoms with Crippen LogP contribution in [0.4, 0.5) is 10.5 Å². The van der Waals surface area contributed by atoms with Crippen LogP contribution in [0.25, 0.3) is 0 Å². The van der Waals surface area contributed by atoms with Gasteiger partial charge in [0, 0.05) is 11.7 Å². The second kappa shape index (κ2) is 5.55. The summed E-state index contributed by atoms with van der Waals surface area (Å²) < 4.78 is 5.22. The number of urea groups is 1. The van der Waals surface area contributed by atoms with E-state index in [2.05, 4.69) is 18.3 Å². The predicted molar refractivity (Wildman–Crippen MR) is 94.5 cm³/mol. The zero-order chi connectivity index (χ0) is 16.7. The highest BCUT2D eigenvalue weighted by Gasteiger charge is 2.47. The van der Waals surface area contributed by atoms with Crippen LogP contribution in [0.2, 0.25) is 0 Å². The number of methoxy groups -OCH3 is 1. The fourth-order valence-corrected chi connectivity index (χ4v) is 3.66. The van der Waals surface area contributed by atoms with Gasteiger partial charge in [-0.05, 0) is 55.5 Å². The lowest BCUT2D eigenvalue weighted by atomic mass is 10.0. The third kappa shape index (κ3) is 2.42. The van der Waals surface area contributed by atoms with Crippen LogP contribution in [-0.2, 0) is 12.0 Å². The second-order valence-corrected chi connectivity index (χ2v) is 6.79. The van der Waals surface area contributed by atoms with Crippen LogP contribution < -0.4 is 15.0 Å². The van der Waals surface area contributed by atoms with Gasteiger partial charge in [-0.3, -0.25) is 4.90 Å². The number of hydrogen-bond donors (Lipinski definition) is 1. The Hall–Kier alpha value is -2.49. The Labute approximate surface area is 142 Å². The maximum atomic E-state index is 13.0. The molecule has 2 amide bonds. The number of carbonyl (C=O) groups excluding carboxylic acids is 1. The van der Waals surface area contributed by atoms with E-state index >= 15 is 0 Å². The Morgan fingerprint density at radius 1 is 1.17 bits per heavy atom. The Morgan fingerprint density at radius 2 is 1.88 bits per heavy atom. The van der Waals surface area contributed by atoms with E-state index in [4.69, 9.17) is 4.74 Å². The molecule has 4 rings (SSSR count). The summed E-state index contributed by atoms with van der Waals surface area (Å²) in [6.07, 6.45) is 2.88. The Kier molecular flexibility index (Phi) is 3.48. The number of anilines is 1. The first-order valence-electron chi connectivity index (χ1n) is 8.47. The van der Waals surface area contributed by atoms with Crippen molar-refractivity contribution in [3.63, 3.8) is 0 Å². The van der Waals surface area contributed by atoms with Crippen molar-refractivity contribution < 1.29 is 9.53 Å². The normalized spacial score (nSPS) is 20.4. The minimum absolute atomic E-state index is 0.000711. The molecule has 1 atom stereocenters. The standard InChI is InChI=1S/C20H22N2O2/c1-14-13-15-5-3-4-6-18(15)22(14)19(23)21-20(11-12-20)16-7-9-17(24-2)10-8-16/h3-10,14H,11-13H2,1-2H3,(H,21,23). The highest BCUT2D eigenvalue weighted by atomic mass is 16.5. The van der Waals surface area contributed by atoms with Gasteiger partial charge in [-0.15, -0.1) is 0 Å². The van der Waals surface area contributed by atoms with E-state index in [1.165, 1.54) is 5.56 Å². The van der Waals surface area contributed by atoms with Crippen LogP contribution in [0.15, 0.2) is 48.5 Å². The third-order valence-corrected chi connectivity index (χ3v) is 5.16. The first kappa shape index (κ1) is 15.1. The largest absolute Gasteiger partial charge is 0.497 e. The highest BCUT2D eigenvalue weighted by Crippen LogP contribution is 2.46. The zero-order valence-electron chi connectivity index (χ0n) is 14.1. The quantitative estimate of drug-likeness (QED) is 0.932. The molecule has 0 saturated heterocycles. The van der Waals surface area contributed by atoms with Gasteiger partial charge in [0.05, 0.1) is 12.6 Å². The fourth-order valence-electron chi connectivity index (χ4n) is 3.66. The van der Waals surface area contributed by atoms with E-state index in [1.807, 2.05) is 47.4 Å². The summed E-state index contributed by atoms with van der Waals surface area (Å²) in [5.41, 5.74) is 3.21. The van der Waals surface area contributed by atoms with Crippen LogP contribution in [0.3, 0.4) is 0 Å². The number of amides is 2. The molecule has 124 valence electrons. The number of nitrogens with zero attached hydrogens (tertiary/aromatic N) is 1. The minimum atomic E-state index is -0.222. The molecule has 1 heterocycles. The molecule has 1 aliphatic heterocycles. The summed E-state index contributed by atoms with van der Waals surface area (Å²) in [6.45, 7) is 2.10. The number of carbonyl (C=O) groups is 1. The van der Waals surface area contributed by atoms with Crippen LogP contribution in [-0.4, -0.2) is 19.2 Å². The third-order valence-electron chi connectivity index (χ3n) is 5.16. The van der Waals surface area contributed by atoms with Gasteiger partial charge >= 0.3 is 6.03 Å². The predicted octanol–water partition coefficient (Wildman–Crippen LogP) is 3.85. The molecule has 1 N–H and O–H groups in total. The van der Waals surface area contributed by atoms with E-state index in [0.717, 1.165) is 36.3 Å². The first-order valence-corrected chi connectivity index (χ1v) is 8.47. The molecule has 1 aliphatic carbocycles. The molecule has 0 radical (unpaired) electrons. The lowest BCUT2D eigenvalue weighted by Crippen LogP contribution is -2.47. The molecular weight excluding hydrogens is 300 g/mol. The number of benzene rings is 2. The van der Waals surface area contributed by atoms with E-state index in [0.29, 0.717) is 0 Å². The van der Waals surface area contributed by atoms with Crippen molar-refractivity contribution in [1.82, 2.24) is 5.32 Å². The van der Waals surface area contributed by atoms with Gasteiger partial charge in [-0.25, -0.2) is 4.79 Å². The summed E-state index contributed by atoms with van der Waals surface area (Å²) in [7, 11) is 1.66. The first-order chi connectivity index (χ1) is 11.6. The minimum Gasteiger partial charge on any atom is -0.497 e. The molecule has 24 heavy (non-hydrogen) atoms. The van der Waals surface area contributed by atoms with E-state index in [1.54, 1.807) is 7.11 Å². The Balaban J connectivity index is 1.55. The molecule has 0 aromatic heterocycles. The molecule has 2 aromatic rings. The molecule has 4 heteroatoms. The summed E-state index contributed by atoms with van der Waals surface area (Å²) in [6, 6.07) is 16.4. The van der Waals surface area contributed by atoms with Gasteiger partial charge in [0.15, 0.2) is 0 Å². The van der Waals surface area contributed by atoms with Gasteiger partial charge in [-0.1, -0.05) is 30.3 Å². The van der Waals surface area contributed by atoms with Crippen molar-refractivity contribution in [2.45, 2.75) is 37.8 Å². The molecule has 2 aliphatic rings. The highest BCUT2D eigenvalue weighted by molar-refractivity contribution is 5.95. The van der Waals surface area contributed by atoms with Crippen molar-refractivity contribution in [3.8, 4) is 5.75 Å². The van der Waals surface area contributed by atoms with Crippen molar-refractivity contribution in [2.75, 3.05) is 12.0 Å². The van der Waals surface area contributed by atoms with Crippen LogP contribution in [0.1, 0.15) is 30.9 Å². The molecule has 4 nitrogen and oxygen atoms in total. The van der Waals surface area contributed by atoms with Crippen LogP contribution in [0.5, 0.6) is 5.75 Å². The molecule has 0 bridgehead atoms. The second-order valence-electron chi connectivity index (χ2n) is 6.79. The maximum absolute atomic E-state index is 13.0. The zero-order valence-corrected chi connectivity index (χ0v) is 14.1. The van der Waals surface area contributed by atoms with Gasteiger partial charge < -0.3 is 10.1 Å². The number of para-hydroxylation sites is 1. The Bertz CT molecular complexity index is 765. The lowest BCUT2D eigenvalue weighted by Gasteiger charge is -2.27. The van der Waals surface area contributed by atoms with Gasteiger partial charge in [0.2, 0.25) is 0 Å². The smallest absolute Gasteiger partial charge is 0.322 e.